The summed E-state index contributed by atoms with van der Waals surface area (Å²) in [5.41, 5.74) is 0. The highest BCUT2D eigenvalue weighted by Gasteiger charge is 1.93. The minimum absolute atomic E-state index is 0.322. The van der Waals surface area contributed by atoms with E-state index in [9.17, 15) is 0 Å². The Morgan fingerprint density at radius 3 is 1.75 bits per heavy atom. The average Bonchev–Trinajstić information content (AvgIpc) is 2.26. The van der Waals surface area contributed by atoms with Crippen molar-refractivity contribution in [2.75, 3.05) is 0 Å². The van der Waals surface area contributed by atoms with Gasteiger partial charge in [0.2, 0.25) is 0 Å². The molecule has 0 atom stereocenters. The molecular formula is C12H9Br3O. The van der Waals surface area contributed by atoms with Gasteiger partial charge in [0.15, 0.2) is 0 Å². The molecule has 0 aromatic heterocycles. The van der Waals surface area contributed by atoms with Gasteiger partial charge in [0.05, 0.1) is 0 Å². The second-order valence-corrected chi connectivity index (χ2v) is 5.52. The molecule has 0 saturated carbocycles. The van der Waals surface area contributed by atoms with E-state index in [-0.39, 0.29) is 0 Å². The van der Waals surface area contributed by atoms with Crippen molar-refractivity contribution >= 4 is 47.8 Å². The molecule has 0 unspecified atom stereocenters. The Hall–Kier alpha value is -0.320. The summed E-state index contributed by atoms with van der Waals surface area (Å²) in [7, 11) is 0. The number of rotatable bonds is 0. The summed E-state index contributed by atoms with van der Waals surface area (Å²) in [6, 6.07) is 14.7. The van der Waals surface area contributed by atoms with Gasteiger partial charge in [0.1, 0.15) is 5.75 Å². The van der Waals surface area contributed by atoms with Crippen LogP contribution >= 0.6 is 47.8 Å². The number of hydrogen-bond donors (Lipinski definition) is 1. The Morgan fingerprint density at radius 2 is 1.38 bits per heavy atom. The van der Waals surface area contributed by atoms with Crippen LogP contribution in [-0.4, -0.2) is 5.11 Å². The second-order valence-electron chi connectivity index (χ2n) is 2.89. The van der Waals surface area contributed by atoms with Crippen LogP contribution in [0.3, 0.4) is 0 Å². The van der Waals surface area contributed by atoms with Crippen LogP contribution < -0.4 is 0 Å². The lowest BCUT2D eigenvalue weighted by Gasteiger charge is -1.93. The van der Waals surface area contributed by atoms with Crippen molar-refractivity contribution in [1.82, 2.24) is 0 Å². The molecule has 4 heteroatoms. The fraction of sp³-hybridized carbons (Fsp3) is 0. The van der Waals surface area contributed by atoms with Gasteiger partial charge in [-0.3, -0.25) is 0 Å². The van der Waals surface area contributed by atoms with Gasteiger partial charge >= 0.3 is 0 Å². The zero-order valence-corrected chi connectivity index (χ0v) is 13.0. The number of benzene rings is 2. The number of phenols is 1. The molecule has 84 valence electrons. The molecule has 0 bridgehead atoms. The van der Waals surface area contributed by atoms with Gasteiger partial charge in [-0.05, 0) is 62.2 Å². The summed E-state index contributed by atoms with van der Waals surface area (Å²) < 4.78 is 3.22. The monoisotopic (exact) mass is 406 g/mol. The molecule has 1 nitrogen and oxygen atoms in total. The molecule has 2 rings (SSSR count). The lowest BCUT2D eigenvalue weighted by molar-refractivity contribution is 0.475. The van der Waals surface area contributed by atoms with Gasteiger partial charge < -0.3 is 5.11 Å². The molecule has 2 aromatic rings. The maximum absolute atomic E-state index is 8.63. The lowest BCUT2D eigenvalue weighted by atomic mass is 10.3. The first kappa shape index (κ1) is 13.7. The fourth-order valence-corrected chi connectivity index (χ4v) is 2.19. The predicted octanol–water partition coefficient (Wildman–Crippen LogP) is 5.37. The van der Waals surface area contributed by atoms with Crippen LogP contribution in [0, 0.1) is 0 Å². The Kier molecular flexibility index (Phi) is 6.09. The Bertz CT molecular complexity index is 443. The largest absolute Gasteiger partial charge is 0.508 e. The first-order valence-corrected chi connectivity index (χ1v) is 6.82. The maximum atomic E-state index is 8.63. The van der Waals surface area contributed by atoms with Crippen molar-refractivity contribution in [2.45, 2.75) is 0 Å². The summed E-state index contributed by atoms with van der Waals surface area (Å²) in [6.45, 7) is 0. The molecule has 16 heavy (non-hydrogen) atoms. The first-order chi connectivity index (χ1) is 7.59. The predicted molar refractivity (Wildman–Crippen MR) is 77.6 cm³/mol. The third-order valence-electron chi connectivity index (χ3n) is 1.64. The molecule has 0 spiro atoms. The number of aromatic hydroxyl groups is 1. The summed E-state index contributed by atoms with van der Waals surface area (Å²) in [6.07, 6.45) is 0. The normalized spacial score (nSPS) is 9.19. The van der Waals surface area contributed by atoms with Gasteiger partial charge in [-0.1, -0.05) is 34.1 Å². The Balaban J connectivity index is 0.000000165. The summed E-state index contributed by atoms with van der Waals surface area (Å²) in [5.74, 6) is 0.322. The van der Waals surface area contributed by atoms with Crippen LogP contribution in [0.1, 0.15) is 0 Å². The van der Waals surface area contributed by atoms with Crippen LogP contribution in [0.4, 0.5) is 0 Å². The van der Waals surface area contributed by atoms with Crippen molar-refractivity contribution < 1.29 is 5.11 Å². The Labute approximate surface area is 120 Å². The number of para-hydroxylation sites is 1. The standard InChI is InChI=1S/C6H3Br3.C6H6O/c7-4-1-2-5(8)6(9)3-4;7-6-4-2-1-3-5-6/h1-3H;1-5,7H. The van der Waals surface area contributed by atoms with Crippen LogP contribution in [0.25, 0.3) is 0 Å². The van der Waals surface area contributed by atoms with Gasteiger partial charge in [0, 0.05) is 13.4 Å². The van der Waals surface area contributed by atoms with E-state index < -0.39 is 0 Å². The van der Waals surface area contributed by atoms with Crippen molar-refractivity contribution in [3.05, 3.63) is 61.9 Å². The van der Waals surface area contributed by atoms with E-state index >= 15 is 0 Å². The van der Waals surface area contributed by atoms with Crippen LogP contribution in [0.2, 0.25) is 0 Å². The van der Waals surface area contributed by atoms with E-state index in [2.05, 4.69) is 47.8 Å². The zero-order valence-electron chi connectivity index (χ0n) is 8.20. The van der Waals surface area contributed by atoms with Crippen molar-refractivity contribution in [1.29, 1.82) is 0 Å². The van der Waals surface area contributed by atoms with Gasteiger partial charge in [-0.25, -0.2) is 0 Å². The minimum Gasteiger partial charge on any atom is -0.508 e. The lowest BCUT2D eigenvalue weighted by Crippen LogP contribution is -1.67. The number of phenolic OH excluding ortho intramolecular Hbond substituents is 1. The molecule has 0 aliphatic heterocycles. The van der Waals surface area contributed by atoms with E-state index in [0.29, 0.717) is 5.75 Å². The molecule has 0 amide bonds. The molecule has 0 aliphatic rings. The zero-order chi connectivity index (χ0) is 12.0. The summed E-state index contributed by atoms with van der Waals surface area (Å²) in [4.78, 5) is 0. The van der Waals surface area contributed by atoms with Crippen LogP contribution in [0.5, 0.6) is 5.75 Å². The first-order valence-electron chi connectivity index (χ1n) is 4.44. The SMILES string of the molecule is Brc1ccc(Br)c(Br)c1.Oc1ccccc1. The van der Waals surface area contributed by atoms with E-state index in [1.165, 1.54) is 0 Å². The van der Waals surface area contributed by atoms with Crippen LogP contribution in [0.15, 0.2) is 61.9 Å². The topological polar surface area (TPSA) is 20.2 Å². The molecule has 2 aromatic carbocycles. The van der Waals surface area contributed by atoms with Crippen molar-refractivity contribution in [3.8, 4) is 5.75 Å². The highest BCUT2D eigenvalue weighted by molar-refractivity contribution is 9.13. The van der Waals surface area contributed by atoms with Gasteiger partial charge in [-0.2, -0.15) is 0 Å². The van der Waals surface area contributed by atoms with E-state index in [1.54, 1.807) is 24.3 Å². The number of hydrogen-bond acceptors (Lipinski definition) is 1. The third-order valence-corrected chi connectivity index (χ3v) is 4.01. The highest BCUT2D eigenvalue weighted by Crippen LogP contribution is 2.25. The third kappa shape index (κ3) is 5.14. The Morgan fingerprint density at radius 1 is 0.750 bits per heavy atom. The number of halogens is 3. The summed E-state index contributed by atoms with van der Waals surface area (Å²) in [5, 5.41) is 8.63. The molecule has 0 aliphatic carbocycles. The maximum Gasteiger partial charge on any atom is 0.115 e. The molecule has 0 heterocycles. The van der Waals surface area contributed by atoms with Gasteiger partial charge in [-0.15, -0.1) is 0 Å². The van der Waals surface area contributed by atoms with E-state index in [1.807, 2.05) is 24.3 Å². The molecular weight excluding hydrogens is 400 g/mol. The molecule has 1 N–H and O–H groups in total. The quantitative estimate of drug-likeness (QED) is 0.581. The van der Waals surface area contributed by atoms with Crippen LogP contribution in [-0.2, 0) is 0 Å². The molecule has 0 saturated heterocycles. The van der Waals surface area contributed by atoms with E-state index in [4.69, 9.17) is 5.11 Å². The van der Waals surface area contributed by atoms with E-state index in [0.717, 1.165) is 13.4 Å². The smallest absolute Gasteiger partial charge is 0.115 e. The summed E-state index contributed by atoms with van der Waals surface area (Å²) >= 11 is 10.1. The molecule has 0 radical (unpaired) electrons. The minimum atomic E-state index is 0.322. The van der Waals surface area contributed by atoms with Crippen molar-refractivity contribution in [3.63, 3.8) is 0 Å². The molecule has 0 fully saturated rings. The average molecular weight is 409 g/mol. The van der Waals surface area contributed by atoms with Gasteiger partial charge in [0.25, 0.3) is 0 Å². The highest BCUT2D eigenvalue weighted by atomic mass is 79.9. The van der Waals surface area contributed by atoms with Crippen molar-refractivity contribution in [2.24, 2.45) is 0 Å². The fourth-order valence-electron chi connectivity index (χ4n) is 0.898. The second kappa shape index (κ2) is 7.09.